The van der Waals surface area contributed by atoms with Gasteiger partial charge < -0.3 is 5.32 Å². The summed E-state index contributed by atoms with van der Waals surface area (Å²) in [7, 11) is -3.25. The average molecular weight is 300 g/mol. The van der Waals surface area contributed by atoms with Crippen LogP contribution >= 0.6 is 0 Å². The summed E-state index contributed by atoms with van der Waals surface area (Å²) in [5.41, 5.74) is 2.19. The van der Waals surface area contributed by atoms with Crippen molar-refractivity contribution in [2.45, 2.75) is 18.4 Å². The molecule has 4 nitrogen and oxygen atoms in total. The fourth-order valence-electron chi connectivity index (χ4n) is 1.93. The number of para-hydroxylation sites is 1. The molecule has 0 aromatic heterocycles. The molecule has 5 heteroatoms. The van der Waals surface area contributed by atoms with Crippen molar-refractivity contribution >= 4 is 15.5 Å². The maximum absolute atomic E-state index is 12.0. The molecule has 2 aromatic carbocycles. The van der Waals surface area contributed by atoms with Crippen molar-refractivity contribution < 1.29 is 8.42 Å². The van der Waals surface area contributed by atoms with Crippen LogP contribution in [0.25, 0.3) is 0 Å². The van der Waals surface area contributed by atoms with E-state index < -0.39 is 9.84 Å². The Hall–Kier alpha value is -2.32. The molecule has 0 aliphatic carbocycles. The molecule has 0 fully saturated rings. The molecule has 0 aliphatic heterocycles. The zero-order valence-electron chi connectivity index (χ0n) is 11.7. The van der Waals surface area contributed by atoms with Crippen LogP contribution < -0.4 is 5.32 Å². The first kappa shape index (κ1) is 15.1. The van der Waals surface area contributed by atoms with Gasteiger partial charge in [0, 0.05) is 6.54 Å². The van der Waals surface area contributed by atoms with Crippen molar-refractivity contribution in [3.63, 3.8) is 0 Å². The molecule has 2 rings (SSSR count). The molecule has 2 aromatic rings. The monoisotopic (exact) mass is 300 g/mol. The van der Waals surface area contributed by atoms with Crippen LogP contribution in [0.2, 0.25) is 0 Å². The van der Waals surface area contributed by atoms with E-state index in [1.807, 2.05) is 12.1 Å². The summed E-state index contributed by atoms with van der Waals surface area (Å²) in [5, 5.41) is 11.9. The molecule has 0 heterocycles. The fourth-order valence-corrected chi connectivity index (χ4v) is 3.01. The second kappa shape index (κ2) is 6.42. The Morgan fingerprint density at radius 2 is 1.76 bits per heavy atom. The van der Waals surface area contributed by atoms with Gasteiger partial charge in [-0.1, -0.05) is 31.2 Å². The van der Waals surface area contributed by atoms with Crippen LogP contribution in [0.5, 0.6) is 0 Å². The summed E-state index contributed by atoms with van der Waals surface area (Å²) in [6, 6.07) is 16.1. The standard InChI is InChI=1S/C16H16N2O2S/c1-2-21(19,20)16-6-4-3-5-15(16)18-12-14-9-7-13(11-17)8-10-14/h3-10,18H,2,12H2,1H3. The maximum atomic E-state index is 12.0. The molecule has 0 atom stereocenters. The average Bonchev–Trinajstić information content (AvgIpc) is 2.53. The Morgan fingerprint density at radius 3 is 2.38 bits per heavy atom. The first-order valence-corrected chi connectivity index (χ1v) is 8.26. The Bertz CT molecular complexity index is 760. The van der Waals surface area contributed by atoms with Gasteiger partial charge in [-0.05, 0) is 29.8 Å². The third kappa shape index (κ3) is 3.61. The van der Waals surface area contributed by atoms with Crippen LogP contribution in [0.15, 0.2) is 53.4 Å². The molecule has 0 radical (unpaired) electrons. The zero-order valence-corrected chi connectivity index (χ0v) is 12.5. The molecule has 21 heavy (non-hydrogen) atoms. The van der Waals surface area contributed by atoms with Gasteiger partial charge in [0.2, 0.25) is 0 Å². The lowest BCUT2D eigenvalue weighted by Gasteiger charge is -2.11. The Kier molecular flexibility index (Phi) is 4.61. The van der Waals surface area contributed by atoms with Crippen molar-refractivity contribution in [3.05, 3.63) is 59.7 Å². The van der Waals surface area contributed by atoms with Gasteiger partial charge in [0.25, 0.3) is 0 Å². The summed E-state index contributed by atoms with van der Waals surface area (Å²) >= 11 is 0. The predicted molar refractivity (Wildman–Crippen MR) is 82.7 cm³/mol. The highest BCUT2D eigenvalue weighted by Crippen LogP contribution is 2.22. The summed E-state index contributed by atoms with van der Waals surface area (Å²) < 4.78 is 24.1. The van der Waals surface area contributed by atoms with Gasteiger partial charge in [-0.3, -0.25) is 0 Å². The number of anilines is 1. The second-order valence-electron chi connectivity index (χ2n) is 4.56. The number of nitrogens with one attached hydrogen (secondary N) is 1. The van der Waals surface area contributed by atoms with Gasteiger partial charge in [-0.2, -0.15) is 5.26 Å². The van der Waals surface area contributed by atoms with Crippen molar-refractivity contribution in [2.24, 2.45) is 0 Å². The highest BCUT2D eigenvalue weighted by molar-refractivity contribution is 7.91. The van der Waals surface area contributed by atoms with Crippen molar-refractivity contribution in [1.82, 2.24) is 0 Å². The first-order chi connectivity index (χ1) is 10.1. The molecule has 108 valence electrons. The van der Waals surface area contributed by atoms with Crippen LogP contribution in [0.3, 0.4) is 0 Å². The highest BCUT2D eigenvalue weighted by Gasteiger charge is 2.15. The molecule has 0 amide bonds. The van der Waals surface area contributed by atoms with Gasteiger partial charge in [-0.25, -0.2) is 8.42 Å². The van der Waals surface area contributed by atoms with E-state index in [0.717, 1.165) is 5.56 Å². The van der Waals surface area contributed by atoms with Crippen LogP contribution in [-0.4, -0.2) is 14.2 Å². The minimum atomic E-state index is -3.25. The summed E-state index contributed by atoms with van der Waals surface area (Å²) in [4.78, 5) is 0.321. The smallest absolute Gasteiger partial charge is 0.180 e. The summed E-state index contributed by atoms with van der Waals surface area (Å²) in [6.45, 7) is 2.13. The molecule has 0 spiro atoms. The van der Waals surface area contributed by atoms with E-state index in [1.54, 1.807) is 43.3 Å². The zero-order chi connectivity index (χ0) is 15.3. The lowest BCUT2D eigenvalue weighted by molar-refractivity contribution is 0.597. The number of benzene rings is 2. The van der Waals surface area contributed by atoms with Gasteiger partial charge in [0.05, 0.1) is 28.0 Å². The molecule has 0 unspecified atom stereocenters. The molecular weight excluding hydrogens is 284 g/mol. The number of hydrogen-bond acceptors (Lipinski definition) is 4. The SMILES string of the molecule is CCS(=O)(=O)c1ccccc1NCc1ccc(C#N)cc1. The first-order valence-electron chi connectivity index (χ1n) is 6.61. The topological polar surface area (TPSA) is 70.0 Å². The molecular formula is C16H16N2O2S. The van der Waals surface area contributed by atoms with Crippen LogP contribution in [0, 0.1) is 11.3 Å². The van der Waals surface area contributed by atoms with Gasteiger partial charge >= 0.3 is 0 Å². The third-order valence-corrected chi connectivity index (χ3v) is 4.95. The second-order valence-corrected chi connectivity index (χ2v) is 6.81. The molecule has 0 saturated carbocycles. The van der Waals surface area contributed by atoms with E-state index >= 15 is 0 Å². The lowest BCUT2D eigenvalue weighted by atomic mass is 10.1. The number of sulfone groups is 1. The molecule has 1 N–H and O–H groups in total. The predicted octanol–water partition coefficient (Wildman–Crippen LogP) is 2.96. The van der Waals surface area contributed by atoms with E-state index in [2.05, 4.69) is 11.4 Å². The maximum Gasteiger partial charge on any atom is 0.180 e. The number of rotatable bonds is 5. The minimum absolute atomic E-state index is 0.0720. The number of hydrogen-bond donors (Lipinski definition) is 1. The third-order valence-electron chi connectivity index (χ3n) is 3.17. The van der Waals surface area contributed by atoms with Crippen LogP contribution in [-0.2, 0) is 16.4 Å². The quantitative estimate of drug-likeness (QED) is 0.921. The van der Waals surface area contributed by atoms with Crippen molar-refractivity contribution in [3.8, 4) is 6.07 Å². The van der Waals surface area contributed by atoms with Crippen LogP contribution in [0.1, 0.15) is 18.1 Å². The van der Waals surface area contributed by atoms with E-state index in [4.69, 9.17) is 5.26 Å². The molecule has 0 aliphatic rings. The summed E-state index contributed by atoms with van der Waals surface area (Å²) in [5.74, 6) is 0.0720. The van der Waals surface area contributed by atoms with E-state index in [-0.39, 0.29) is 5.75 Å². The van der Waals surface area contributed by atoms with E-state index in [0.29, 0.717) is 22.7 Å². The lowest BCUT2D eigenvalue weighted by Crippen LogP contribution is -2.09. The van der Waals surface area contributed by atoms with Crippen molar-refractivity contribution in [1.29, 1.82) is 5.26 Å². The van der Waals surface area contributed by atoms with Gasteiger partial charge in [0.15, 0.2) is 9.84 Å². The highest BCUT2D eigenvalue weighted by atomic mass is 32.2. The minimum Gasteiger partial charge on any atom is -0.380 e. The number of nitrogens with zero attached hydrogens (tertiary/aromatic N) is 1. The van der Waals surface area contributed by atoms with E-state index in [1.165, 1.54) is 0 Å². The number of nitriles is 1. The Balaban J connectivity index is 2.19. The largest absolute Gasteiger partial charge is 0.380 e. The van der Waals surface area contributed by atoms with Crippen molar-refractivity contribution in [2.75, 3.05) is 11.1 Å². The van der Waals surface area contributed by atoms with Gasteiger partial charge in [0.1, 0.15) is 0 Å². The fraction of sp³-hybridized carbons (Fsp3) is 0.188. The Morgan fingerprint density at radius 1 is 1.10 bits per heavy atom. The summed E-state index contributed by atoms with van der Waals surface area (Å²) in [6.07, 6.45) is 0. The Labute approximate surface area is 125 Å². The van der Waals surface area contributed by atoms with Gasteiger partial charge in [-0.15, -0.1) is 0 Å². The van der Waals surface area contributed by atoms with Crippen LogP contribution in [0.4, 0.5) is 5.69 Å². The van der Waals surface area contributed by atoms with E-state index in [9.17, 15) is 8.42 Å². The molecule has 0 saturated heterocycles. The molecule has 0 bridgehead atoms. The normalized spacial score (nSPS) is 10.9.